The van der Waals surface area contributed by atoms with Gasteiger partial charge in [0.2, 0.25) is 0 Å². The van der Waals surface area contributed by atoms with Crippen LogP contribution < -0.4 is 5.32 Å². The van der Waals surface area contributed by atoms with E-state index in [4.69, 9.17) is 0 Å². The van der Waals surface area contributed by atoms with E-state index in [1.54, 1.807) is 19.1 Å². The zero-order valence-corrected chi connectivity index (χ0v) is 11.4. The van der Waals surface area contributed by atoms with Gasteiger partial charge in [-0.3, -0.25) is 4.79 Å². The number of carbonyl (C=O) groups excluding carboxylic acids is 1. The van der Waals surface area contributed by atoms with Gasteiger partial charge < -0.3 is 5.32 Å². The van der Waals surface area contributed by atoms with Crippen LogP contribution in [0.5, 0.6) is 0 Å². The van der Waals surface area contributed by atoms with Crippen molar-refractivity contribution < 1.29 is 18.0 Å². The van der Waals surface area contributed by atoms with Crippen molar-refractivity contribution in [2.45, 2.75) is 13.3 Å². The Balaban J connectivity index is 1.97. The van der Waals surface area contributed by atoms with Crippen LogP contribution >= 0.6 is 0 Å². The van der Waals surface area contributed by atoms with Gasteiger partial charge in [0, 0.05) is 12.6 Å². The molecule has 2 aromatic rings. The van der Waals surface area contributed by atoms with Crippen molar-refractivity contribution in [3.63, 3.8) is 0 Å². The van der Waals surface area contributed by atoms with E-state index in [1.165, 1.54) is 18.2 Å². The Labute approximate surface area is 120 Å². The highest BCUT2D eigenvalue weighted by Crippen LogP contribution is 2.12. The standard InChI is InChI=1S/C16H14F3NO/c1-10-3-2-4-14(15(10)19)16(21)20-6-5-11-7-12(17)9-13(18)8-11/h2-4,7-9H,5-6H2,1H3,(H,20,21). The number of aryl methyl sites for hydroxylation is 1. The molecule has 2 nitrogen and oxygen atoms in total. The quantitative estimate of drug-likeness (QED) is 0.920. The molecule has 2 rings (SSSR count). The monoisotopic (exact) mass is 293 g/mol. The van der Waals surface area contributed by atoms with E-state index < -0.39 is 23.4 Å². The van der Waals surface area contributed by atoms with Crippen LogP contribution in [0.15, 0.2) is 36.4 Å². The molecule has 0 radical (unpaired) electrons. The van der Waals surface area contributed by atoms with Gasteiger partial charge in [0.15, 0.2) is 0 Å². The Bertz CT molecular complexity index is 650. The van der Waals surface area contributed by atoms with Gasteiger partial charge in [-0.25, -0.2) is 13.2 Å². The summed E-state index contributed by atoms with van der Waals surface area (Å²) in [6, 6.07) is 7.73. The maximum Gasteiger partial charge on any atom is 0.254 e. The molecule has 0 heterocycles. The lowest BCUT2D eigenvalue weighted by molar-refractivity contribution is 0.0950. The Morgan fingerprint density at radius 1 is 1.10 bits per heavy atom. The minimum Gasteiger partial charge on any atom is -0.352 e. The van der Waals surface area contributed by atoms with Gasteiger partial charge in [-0.15, -0.1) is 0 Å². The van der Waals surface area contributed by atoms with Crippen molar-refractivity contribution >= 4 is 5.91 Å². The molecule has 0 bridgehead atoms. The van der Waals surface area contributed by atoms with Gasteiger partial charge in [-0.2, -0.15) is 0 Å². The number of rotatable bonds is 4. The van der Waals surface area contributed by atoms with Crippen LogP contribution in [0.2, 0.25) is 0 Å². The molecule has 0 aliphatic rings. The summed E-state index contributed by atoms with van der Waals surface area (Å²) in [4.78, 5) is 11.8. The van der Waals surface area contributed by atoms with E-state index in [9.17, 15) is 18.0 Å². The second-order valence-electron chi connectivity index (χ2n) is 4.72. The molecular weight excluding hydrogens is 279 g/mol. The fourth-order valence-electron chi connectivity index (χ4n) is 1.99. The number of benzene rings is 2. The summed E-state index contributed by atoms with van der Waals surface area (Å²) in [6.45, 7) is 1.73. The molecule has 0 aromatic heterocycles. The van der Waals surface area contributed by atoms with E-state index in [2.05, 4.69) is 5.32 Å². The van der Waals surface area contributed by atoms with Crippen molar-refractivity contribution in [2.75, 3.05) is 6.54 Å². The van der Waals surface area contributed by atoms with Crippen molar-refractivity contribution in [3.8, 4) is 0 Å². The second-order valence-corrected chi connectivity index (χ2v) is 4.72. The van der Waals surface area contributed by atoms with Crippen LogP contribution in [0.1, 0.15) is 21.5 Å². The van der Waals surface area contributed by atoms with Gasteiger partial charge >= 0.3 is 0 Å². The highest BCUT2D eigenvalue weighted by Gasteiger charge is 2.12. The van der Waals surface area contributed by atoms with Crippen molar-refractivity contribution in [1.29, 1.82) is 0 Å². The summed E-state index contributed by atoms with van der Waals surface area (Å²) < 4.78 is 39.7. The van der Waals surface area contributed by atoms with E-state index >= 15 is 0 Å². The molecule has 0 unspecified atom stereocenters. The molecule has 1 N–H and O–H groups in total. The van der Waals surface area contributed by atoms with Crippen LogP contribution in [0.25, 0.3) is 0 Å². The van der Waals surface area contributed by atoms with Gasteiger partial charge in [-0.05, 0) is 42.7 Å². The highest BCUT2D eigenvalue weighted by atomic mass is 19.1. The first-order valence-corrected chi connectivity index (χ1v) is 6.45. The average molecular weight is 293 g/mol. The summed E-state index contributed by atoms with van der Waals surface area (Å²) >= 11 is 0. The smallest absolute Gasteiger partial charge is 0.254 e. The molecule has 0 atom stereocenters. The van der Waals surface area contributed by atoms with Gasteiger partial charge in [0.1, 0.15) is 17.5 Å². The Morgan fingerprint density at radius 3 is 2.43 bits per heavy atom. The SMILES string of the molecule is Cc1cccc(C(=O)NCCc2cc(F)cc(F)c2)c1F. The number of hydrogen-bond acceptors (Lipinski definition) is 1. The van der Waals surface area contributed by atoms with E-state index in [-0.39, 0.29) is 18.5 Å². The highest BCUT2D eigenvalue weighted by molar-refractivity contribution is 5.94. The molecule has 0 spiro atoms. The summed E-state index contributed by atoms with van der Waals surface area (Å²) in [5.41, 5.74) is 0.771. The van der Waals surface area contributed by atoms with Crippen LogP contribution in [-0.2, 0) is 6.42 Å². The van der Waals surface area contributed by atoms with E-state index in [1.807, 2.05) is 0 Å². The van der Waals surface area contributed by atoms with Gasteiger partial charge in [-0.1, -0.05) is 12.1 Å². The number of carbonyl (C=O) groups is 1. The molecule has 0 aliphatic carbocycles. The molecule has 0 fully saturated rings. The van der Waals surface area contributed by atoms with Crippen molar-refractivity contribution in [1.82, 2.24) is 5.32 Å². The second kappa shape index (κ2) is 6.43. The maximum absolute atomic E-state index is 13.7. The minimum absolute atomic E-state index is 0.0413. The zero-order valence-electron chi connectivity index (χ0n) is 11.4. The van der Waals surface area contributed by atoms with Gasteiger partial charge in [0.25, 0.3) is 5.91 Å². The fourth-order valence-corrected chi connectivity index (χ4v) is 1.99. The van der Waals surface area contributed by atoms with Gasteiger partial charge in [0.05, 0.1) is 5.56 Å². The summed E-state index contributed by atoms with van der Waals surface area (Å²) in [5, 5.41) is 2.53. The normalized spacial score (nSPS) is 10.5. The van der Waals surface area contributed by atoms with Crippen molar-refractivity contribution in [2.24, 2.45) is 0 Å². The number of amides is 1. The number of nitrogens with one attached hydrogen (secondary N) is 1. The van der Waals surface area contributed by atoms with Crippen LogP contribution in [0.3, 0.4) is 0 Å². The first-order chi connectivity index (χ1) is 9.97. The molecule has 1 amide bonds. The zero-order chi connectivity index (χ0) is 15.4. The predicted octanol–water partition coefficient (Wildman–Crippen LogP) is 3.38. The molecular formula is C16H14F3NO. The van der Waals surface area contributed by atoms with Crippen LogP contribution in [0.4, 0.5) is 13.2 Å². The molecule has 110 valence electrons. The lowest BCUT2D eigenvalue weighted by atomic mass is 10.1. The Hall–Kier alpha value is -2.30. The van der Waals surface area contributed by atoms with Crippen LogP contribution in [-0.4, -0.2) is 12.5 Å². The molecule has 5 heteroatoms. The molecule has 0 saturated heterocycles. The summed E-state index contributed by atoms with van der Waals surface area (Å²) in [6.07, 6.45) is 0.258. The first kappa shape index (κ1) is 15.1. The molecule has 0 saturated carbocycles. The molecule has 2 aromatic carbocycles. The summed E-state index contributed by atoms with van der Waals surface area (Å²) in [7, 11) is 0. The predicted molar refractivity (Wildman–Crippen MR) is 73.5 cm³/mol. The average Bonchev–Trinajstić information content (AvgIpc) is 2.40. The maximum atomic E-state index is 13.7. The topological polar surface area (TPSA) is 29.1 Å². The van der Waals surface area contributed by atoms with Crippen LogP contribution in [0, 0.1) is 24.4 Å². The third kappa shape index (κ3) is 3.84. The lowest BCUT2D eigenvalue weighted by Crippen LogP contribution is -2.26. The minimum atomic E-state index is -0.666. The largest absolute Gasteiger partial charge is 0.352 e. The number of halogens is 3. The number of hydrogen-bond donors (Lipinski definition) is 1. The molecule has 21 heavy (non-hydrogen) atoms. The Kier molecular flexibility index (Phi) is 4.62. The third-order valence-corrected chi connectivity index (χ3v) is 3.06. The third-order valence-electron chi connectivity index (χ3n) is 3.06. The van der Waals surface area contributed by atoms with Crippen molar-refractivity contribution in [3.05, 3.63) is 70.5 Å². The Morgan fingerprint density at radius 2 is 1.76 bits per heavy atom. The van der Waals surface area contributed by atoms with E-state index in [0.717, 1.165) is 6.07 Å². The molecule has 0 aliphatic heterocycles. The lowest BCUT2D eigenvalue weighted by Gasteiger charge is -2.07. The summed E-state index contributed by atoms with van der Waals surface area (Å²) in [5.74, 6) is -2.44. The van der Waals surface area contributed by atoms with E-state index in [0.29, 0.717) is 11.1 Å². The first-order valence-electron chi connectivity index (χ1n) is 6.45. The fraction of sp³-hybridized carbons (Fsp3) is 0.188.